The van der Waals surface area contributed by atoms with Gasteiger partial charge in [-0.2, -0.15) is 0 Å². The molecule has 0 unspecified atom stereocenters. The molecule has 0 radical (unpaired) electrons. The van der Waals surface area contributed by atoms with Crippen molar-refractivity contribution in [3.05, 3.63) is 48.6 Å². The van der Waals surface area contributed by atoms with Gasteiger partial charge < -0.3 is 9.47 Å². The standard InChI is InChI=1S/C27H46O3/c1-3-5-7-8-9-10-11-12-13-14-15-16-17-18-19-20-21-23-27(28)30-26-22-25-29-24-6-4-2/h9-10,12-13,15-16,18-19H,3-8,11,14,17,20-26H2,1-2H3. The topological polar surface area (TPSA) is 35.5 Å². The summed E-state index contributed by atoms with van der Waals surface area (Å²) in [5, 5.41) is 0. The first-order chi connectivity index (χ1) is 14.8. The maximum Gasteiger partial charge on any atom is 0.305 e. The average Bonchev–Trinajstić information content (AvgIpc) is 2.75. The average molecular weight is 419 g/mol. The number of rotatable bonds is 21. The smallest absolute Gasteiger partial charge is 0.305 e. The van der Waals surface area contributed by atoms with Gasteiger partial charge in [0.2, 0.25) is 0 Å². The van der Waals surface area contributed by atoms with Crippen LogP contribution in [0.3, 0.4) is 0 Å². The van der Waals surface area contributed by atoms with E-state index >= 15 is 0 Å². The maximum atomic E-state index is 11.6. The third kappa shape index (κ3) is 24.4. The predicted molar refractivity (Wildman–Crippen MR) is 130 cm³/mol. The van der Waals surface area contributed by atoms with Crippen molar-refractivity contribution in [1.29, 1.82) is 0 Å². The quantitative estimate of drug-likeness (QED) is 0.108. The summed E-state index contributed by atoms with van der Waals surface area (Å²) >= 11 is 0. The van der Waals surface area contributed by atoms with Crippen LogP contribution in [0.5, 0.6) is 0 Å². The van der Waals surface area contributed by atoms with Crippen LogP contribution in [0.4, 0.5) is 0 Å². The minimum absolute atomic E-state index is 0.0977. The highest BCUT2D eigenvalue weighted by atomic mass is 16.5. The number of ether oxygens (including phenoxy) is 2. The van der Waals surface area contributed by atoms with Crippen LogP contribution >= 0.6 is 0 Å². The molecule has 0 aromatic rings. The van der Waals surface area contributed by atoms with E-state index < -0.39 is 0 Å². The molecule has 30 heavy (non-hydrogen) atoms. The van der Waals surface area contributed by atoms with Crippen molar-refractivity contribution < 1.29 is 14.3 Å². The lowest BCUT2D eigenvalue weighted by atomic mass is 10.2. The molecule has 0 fully saturated rings. The van der Waals surface area contributed by atoms with Gasteiger partial charge in [0.05, 0.1) is 6.61 Å². The van der Waals surface area contributed by atoms with E-state index in [1.165, 1.54) is 25.7 Å². The van der Waals surface area contributed by atoms with Crippen molar-refractivity contribution in [3.63, 3.8) is 0 Å². The summed E-state index contributed by atoms with van der Waals surface area (Å²) < 4.78 is 10.7. The molecule has 0 bridgehead atoms. The monoisotopic (exact) mass is 418 g/mol. The van der Waals surface area contributed by atoms with Gasteiger partial charge in [-0.3, -0.25) is 4.79 Å². The summed E-state index contributed by atoms with van der Waals surface area (Å²) in [4.78, 5) is 11.6. The van der Waals surface area contributed by atoms with Gasteiger partial charge in [0.1, 0.15) is 0 Å². The summed E-state index contributed by atoms with van der Waals surface area (Å²) in [6.45, 7) is 6.33. The molecular weight excluding hydrogens is 372 g/mol. The van der Waals surface area contributed by atoms with Gasteiger partial charge in [-0.25, -0.2) is 0 Å². The summed E-state index contributed by atoms with van der Waals surface area (Å²) in [5.74, 6) is -0.0977. The molecule has 172 valence electrons. The molecule has 3 heteroatoms. The predicted octanol–water partition coefficient (Wildman–Crippen LogP) is 7.88. The van der Waals surface area contributed by atoms with E-state index in [1.54, 1.807) is 0 Å². The van der Waals surface area contributed by atoms with E-state index in [0.29, 0.717) is 19.6 Å². The molecular formula is C27H46O3. The Morgan fingerprint density at radius 1 is 0.600 bits per heavy atom. The minimum atomic E-state index is -0.0977. The Hall–Kier alpha value is -1.61. The Balaban J connectivity index is 3.43. The highest BCUT2D eigenvalue weighted by molar-refractivity contribution is 5.69. The third-order valence-electron chi connectivity index (χ3n) is 4.55. The van der Waals surface area contributed by atoms with Crippen molar-refractivity contribution in [2.24, 2.45) is 0 Å². The van der Waals surface area contributed by atoms with E-state index in [1.807, 2.05) is 0 Å². The lowest BCUT2D eigenvalue weighted by molar-refractivity contribution is -0.144. The number of carbonyl (C=O) groups excluding carboxylic acids is 1. The van der Waals surface area contributed by atoms with E-state index in [9.17, 15) is 4.79 Å². The maximum absolute atomic E-state index is 11.6. The fourth-order valence-corrected chi connectivity index (χ4v) is 2.69. The zero-order valence-corrected chi connectivity index (χ0v) is 19.7. The van der Waals surface area contributed by atoms with E-state index in [0.717, 1.165) is 58.0 Å². The molecule has 0 amide bonds. The number of hydrogen-bond acceptors (Lipinski definition) is 3. The molecule has 0 saturated heterocycles. The Morgan fingerprint density at radius 2 is 1.13 bits per heavy atom. The molecule has 0 aliphatic rings. The molecule has 0 atom stereocenters. The highest BCUT2D eigenvalue weighted by Crippen LogP contribution is 2.02. The van der Waals surface area contributed by atoms with Gasteiger partial charge in [0.15, 0.2) is 0 Å². The Morgan fingerprint density at radius 3 is 1.73 bits per heavy atom. The van der Waals surface area contributed by atoms with Gasteiger partial charge in [0.25, 0.3) is 0 Å². The van der Waals surface area contributed by atoms with Gasteiger partial charge in [0, 0.05) is 26.1 Å². The van der Waals surface area contributed by atoms with Crippen LogP contribution in [-0.4, -0.2) is 25.8 Å². The zero-order valence-electron chi connectivity index (χ0n) is 19.7. The first-order valence-electron chi connectivity index (χ1n) is 12.1. The molecule has 0 spiro atoms. The second-order valence-corrected chi connectivity index (χ2v) is 7.52. The Bertz CT molecular complexity index is 474. The highest BCUT2D eigenvalue weighted by Gasteiger charge is 2.01. The van der Waals surface area contributed by atoms with Crippen molar-refractivity contribution >= 4 is 5.97 Å². The molecule has 0 heterocycles. The molecule has 0 aliphatic carbocycles. The third-order valence-corrected chi connectivity index (χ3v) is 4.55. The molecule has 0 aromatic heterocycles. The molecule has 0 aliphatic heterocycles. The summed E-state index contributed by atoms with van der Waals surface area (Å²) in [7, 11) is 0. The van der Waals surface area contributed by atoms with Crippen molar-refractivity contribution in [1.82, 2.24) is 0 Å². The fourth-order valence-electron chi connectivity index (χ4n) is 2.69. The lowest BCUT2D eigenvalue weighted by Gasteiger charge is -2.05. The second-order valence-electron chi connectivity index (χ2n) is 7.52. The van der Waals surface area contributed by atoms with E-state index in [4.69, 9.17) is 9.47 Å². The van der Waals surface area contributed by atoms with Crippen molar-refractivity contribution in [3.8, 4) is 0 Å². The first-order valence-corrected chi connectivity index (χ1v) is 12.1. The van der Waals surface area contributed by atoms with Crippen molar-refractivity contribution in [2.45, 2.75) is 97.3 Å². The number of carbonyl (C=O) groups is 1. The van der Waals surface area contributed by atoms with Crippen LogP contribution in [0.1, 0.15) is 97.3 Å². The first kappa shape index (κ1) is 28.4. The SMILES string of the molecule is CCCCCC=CCC=CCC=CCC=CCCCC(=O)OCCCOCCCC. The van der Waals surface area contributed by atoms with Crippen LogP contribution in [0.2, 0.25) is 0 Å². The van der Waals surface area contributed by atoms with Crippen LogP contribution < -0.4 is 0 Å². The fraction of sp³-hybridized carbons (Fsp3) is 0.667. The molecule has 0 rings (SSSR count). The van der Waals surface area contributed by atoms with Crippen LogP contribution in [-0.2, 0) is 14.3 Å². The molecule has 0 aromatic carbocycles. The number of esters is 1. The van der Waals surface area contributed by atoms with E-state index in [-0.39, 0.29) is 5.97 Å². The van der Waals surface area contributed by atoms with Gasteiger partial charge in [-0.05, 0) is 51.4 Å². The number of hydrogen-bond donors (Lipinski definition) is 0. The normalized spacial score (nSPS) is 12.2. The molecule has 0 saturated carbocycles. The second kappa shape index (κ2) is 25.4. The minimum Gasteiger partial charge on any atom is -0.466 e. The van der Waals surface area contributed by atoms with Gasteiger partial charge >= 0.3 is 5.97 Å². The Labute approximate surface area is 186 Å². The van der Waals surface area contributed by atoms with Crippen LogP contribution in [0, 0.1) is 0 Å². The summed E-state index contributed by atoms with van der Waals surface area (Å²) in [6, 6.07) is 0. The van der Waals surface area contributed by atoms with E-state index in [2.05, 4.69) is 62.5 Å². The van der Waals surface area contributed by atoms with Gasteiger partial charge in [-0.15, -0.1) is 0 Å². The Kier molecular flexibility index (Phi) is 24.1. The lowest BCUT2D eigenvalue weighted by Crippen LogP contribution is -2.08. The van der Waals surface area contributed by atoms with Crippen LogP contribution in [0.25, 0.3) is 0 Å². The van der Waals surface area contributed by atoms with Gasteiger partial charge in [-0.1, -0.05) is 81.7 Å². The molecule has 0 N–H and O–H groups in total. The number of allylic oxidation sites excluding steroid dienone is 8. The van der Waals surface area contributed by atoms with Crippen LogP contribution in [0.15, 0.2) is 48.6 Å². The largest absolute Gasteiger partial charge is 0.466 e. The zero-order chi connectivity index (χ0) is 22.0. The summed E-state index contributed by atoms with van der Waals surface area (Å²) in [6.07, 6.45) is 31.1. The summed E-state index contributed by atoms with van der Waals surface area (Å²) in [5.41, 5.74) is 0. The van der Waals surface area contributed by atoms with Crippen molar-refractivity contribution in [2.75, 3.05) is 19.8 Å². The number of unbranched alkanes of at least 4 members (excludes halogenated alkanes) is 5. The molecule has 3 nitrogen and oxygen atoms in total.